The van der Waals surface area contributed by atoms with E-state index in [1.54, 1.807) is 0 Å². The summed E-state index contributed by atoms with van der Waals surface area (Å²) in [7, 11) is 0. The SMILES string of the molecule is CC/C=C/CCC1CCC(CCC2CCC(c3cc(F)c(OC(F)F)c(F)c3)CC2)CC1. The van der Waals surface area contributed by atoms with Crippen molar-refractivity contribution in [3.05, 3.63) is 41.5 Å². The molecule has 32 heavy (non-hydrogen) atoms. The Labute approximate surface area is 190 Å². The molecule has 0 saturated heterocycles. The predicted octanol–water partition coefficient (Wildman–Crippen LogP) is 9.17. The number of ether oxygens (including phenoxy) is 1. The van der Waals surface area contributed by atoms with Gasteiger partial charge in [-0.3, -0.25) is 0 Å². The maximum absolute atomic E-state index is 14.1. The minimum atomic E-state index is -3.24. The maximum atomic E-state index is 14.1. The largest absolute Gasteiger partial charge is 0.429 e. The first-order chi connectivity index (χ1) is 15.5. The van der Waals surface area contributed by atoms with Gasteiger partial charge in [0, 0.05) is 0 Å². The van der Waals surface area contributed by atoms with E-state index in [0.29, 0.717) is 11.5 Å². The zero-order valence-corrected chi connectivity index (χ0v) is 19.3. The van der Waals surface area contributed by atoms with Crippen molar-refractivity contribution in [1.29, 1.82) is 0 Å². The van der Waals surface area contributed by atoms with Crippen molar-refractivity contribution in [2.24, 2.45) is 17.8 Å². The van der Waals surface area contributed by atoms with Crippen molar-refractivity contribution < 1.29 is 22.3 Å². The van der Waals surface area contributed by atoms with Crippen LogP contribution < -0.4 is 4.74 Å². The van der Waals surface area contributed by atoms with Crippen molar-refractivity contribution in [3.8, 4) is 5.75 Å². The van der Waals surface area contributed by atoms with E-state index in [1.165, 1.54) is 63.5 Å². The van der Waals surface area contributed by atoms with E-state index >= 15 is 0 Å². The number of alkyl halides is 2. The minimum Gasteiger partial charge on any atom is -0.429 e. The lowest BCUT2D eigenvalue weighted by Crippen LogP contribution is -2.18. The summed E-state index contributed by atoms with van der Waals surface area (Å²) in [5.74, 6) is -0.516. The maximum Gasteiger partial charge on any atom is 0.387 e. The van der Waals surface area contributed by atoms with Gasteiger partial charge >= 0.3 is 6.61 Å². The molecule has 0 N–H and O–H groups in total. The third kappa shape index (κ3) is 7.52. The van der Waals surface area contributed by atoms with Gasteiger partial charge in [-0.25, -0.2) is 8.78 Å². The van der Waals surface area contributed by atoms with Gasteiger partial charge in [-0.05, 0) is 86.3 Å². The van der Waals surface area contributed by atoms with Crippen LogP contribution in [0.2, 0.25) is 0 Å². The third-order valence-corrected chi connectivity index (χ3v) is 7.64. The first-order valence-electron chi connectivity index (χ1n) is 12.5. The van der Waals surface area contributed by atoms with Crippen molar-refractivity contribution >= 4 is 0 Å². The summed E-state index contributed by atoms with van der Waals surface area (Å²) in [4.78, 5) is 0. The normalized spacial score (nSPS) is 26.7. The standard InChI is InChI=1S/C27H38F4O/c1-2-3-4-5-6-19-7-9-20(10-8-19)11-12-21-13-15-22(16-14-21)23-17-24(28)26(25(29)18-23)32-27(30)31/h3-4,17-22,27H,2,5-16H2,1H3/b4-3+. The third-order valence-electron chi connectivity index (χ3n) is 7.64. The molecule has 1 nitrogen and oxygen atoms in total. The van der Waals surface area contributed by atoms with Crippen LogP contribution >= 0.6 is 0 Å². The lowest BCUT2D eigenvalue weighted by molar-refractivity contribution is -0.0546. The molecule has 2 aliphatic carbocycles. The molecule has 0 unspecified atom stereocenters. The highest BCUT2D eigenvalue weighted by atomic mass is 19.3. The van der Waals surface area contributed by atoms with Gasteiger partial charge in [0.1, 0.15) is 0 Å². The lowest BCUT2D eigenvalue weighted by Gasteiger charge is -2.32. The van der Waals surface area contributed by atoms with Gasteiger partial charge in [0.15, 0.2) is 17.4 Å². The van der Waals surface area contributed by atoms with E-state index in [0.717, 1.165) is 43.9 Å². The minimum absolute atomic E-state index is 0.0908. The molecule has 5 heteroatoms. The van der Waals surface area contributed by atoms with Crippen LogP contribution in [0.5, 0.6) is 5.75 Å². The zero-order valence-electron chi connectivity index (χ0n) is 19.3. The Morgan fingerprint density at radius 1 is 0.812 bits per heavy atom. The Bertz CT molecular complexity index is 693. The number of halogens is 4. The van der Waals surface area contributed by atoms with Crippen LogP contribution in [0.25, 0.3) is 0 Å². The molecule has 3 rings (SSSR count). The molecule has 0 atom stereocenters. The highest BCUT2D eigenvalue weighted by Gasteiger charge is 2.27. The molecular formula is C27H38F4O. The van der Waals surface area contributed by atoms with Crippen molar-refractivity contribution in [2.75, 3.05) is 0 Å². The van der Waals surface area contributed by atoms with Crippen molar-refractivity contribution in [3.63, 3.8) is 0 Å². The molecule has 0 aromatic heterocycles. The average molecular weight is 455 g/mol. The predicted molar refractivity (Wildman–Crippen MR) is 121 cm³/mol. The molecule has 0 aliphatic heterocycles. The summed E-state index contributed by atoms with van der Waals surface area (Å²) in [6, 6.07) is 2.34. The summed E-state index contributed by atoms with van der Waals surface area (Å²) in [5, 5.41) is 0. The Morgan fingerprint density at radius 3 is 1.81 bits per heavy atom. The van der Waals surface area contributed by atoms with Crippen molar-refractivity contribution in [2.45, 2.75) is 103 Å². The highest BCUT2D eigenvalue weighted by molar-refractivity contribution is 5.33. The van der Waals surface area contributed by atoms with E-state index in [2.05, 4.69) is 23.8 Å². The van der Waals surface area contributed by atoms with Gasteiger partial charge in [0.05, 0.1) is 0 Å². The summed E-state index contributed by atoms with van der Waals surface area (Å²) >= 11 is 0. The Hall–Kier alpha value is -1.52. The molecule has 2 aliphatic rings. The quantitative estimate of drug-likeness (QED) is 0.253. The van der Waals surface area contributed by atoms with Crippen LogP contribution in [0, 0.1) is 29.4 Å². The van der Waals surface area contributed by atoms with Crippen LogP contribution in [0.4, 0.5) is 17.6 Å². The first kappa shape index (κ1) is 25.1. The lowest BCUT2D eigenvalue weighted by atomic mass is 9.74. The summed E-state index contributed by atoms with van der Waals surface area (Å²) < 4.78 is 56.7. The molecule has 180 valence electrons. The van der Waals surface area contributed by atoms with Crippen LogP contribution in [0.1, 0.15) is 102 Å². The highest BCUT2D eigenvalue weighted by Crippen LogP contribution is 2.41. The fourth-order valence-corrected chi connectivity index (χ4v) is 5.70. The molecule has 0 spiro atoms. The van der Waals surface area contributed by atoms with E-state index in [-0.39, 0.29) is 5.92 Å². The second-order valence-electron chi connectivity index (χ2n) is 9.83. The first-order valence-corrected chi connectivity index (χ1v) is 12.5. The molecular weight excluding hydrogens is 416 g/mol. The van der Waals surface area contributed by atoms with E-state index in [4.69, 9.17) is 0 Å². The van der Waals surface area contributed by atoms with Gasteiger partial charge in [-0.2, -0.15) is 8.78 Å². The summed E-state index contributed by atoms with van der Waals surface area (Å²) in [6.07, 6.45) is 20.3. The monoisotopic (exact) mass is 454 g/mol. The molecule has 0 radical (unpaired) electrons. The average Bonchev–Trinajstić information content (AvgIpc) is 2.78. The topological polar surface area (TPSA) is 9.23 Å². The second-order valence-corrected chi connectivity index (χ2v) is 9.83. The van der Waals surface area contributed by atoms with Gasteiger partial charge in [0.2, 0.25) is 0 Å². The van der Waals surface area contributed by atoms with Crippen molar-refractivity contribution in [1.82, 2.24) is 0 Å². The summed E-state index contributed by atoms with van der Waals surface area (Å²) in [5.41, 5.74) is 0.562. The number of benzene rings is 1. The van der Waals surface area contributed by atoms with Gasteiger partial charge < -0.3 is 4.74 Å². The van der Waals surface area contributed by atoms with E-state index in [9.17, 15) is 17.6 Å². The number of allylic oxidation sites excluding steroid dienone is 2. The number of hydrogen-bond acceptors (Lipinski definition) is 1. The van der Waals surface area contributed by atoms with Gasteiger partial charge in [0.25, 0.3) is 0 Å². The van der Waals surface area contributed by atoms with Gasteiger partial charge in [-0.15, -0.1) is 0 Å². The van der Waals surface area contributed by atoms with Crippen LogP contribution in [-0.2, 0) is 0 Å². The van der Waals surface area contributed by atoms with Crippen LogP contribution in [0.15, 0.2) is 24.3 Å². The molecule has 1 aromatic rings. The molecule has 2 fully saturated rings. The molecule has 0 bridgehead atoms. The van der Waals surface area contributed by atoms with E-state index < -0.39 is 24.0 Å². The Kier molecular flexibility index (Phi) is 9.92. The fraction of sp³-hybridized carbons (Fsp3) is 0.704. The second kappa shape index (κ2) is 12.6. The Morgan fingerprint density at radius 2 is 1.31 bits per heavy atom. The number of rotatable bonds is 10. The zero-order chi connectivity index (χ0) is 22.9. The fourth-order valence-electron chi connectivity index (χ4n) is 5.70. The smallest absolute Gasteiger partial charge is 0.387 e. The van der Waals surface area contributed by atoms with E-state index in [1.807, 2.05) is 0 Å². The van der Waals surface area contributed by atoms with Crippen LogP contribution in [0.3, 0.4) is 0 Å². The van der Waals surface area contributed by atoms with Gasteiger partial charge in [-0.1, -0.05) is 57.6 Å². The Balaban J connectivity index is 1.37. The van der Waals surface area contributed by atoms with Crippen LogP contribution in [-0.4, -0.2) is 6.61 Å². The molecule has 1 aromatic carbocycles. The number of hydrogen-bond donors (Lipinski definition) is 0. The molecule has 2 saturated carbocycles. The summed E-state index contributed by atoms with van der Waals surface area (Å²) in [6.45, 7) is -1.06. The molecule has 0 amide bonds. The molecule has 0 heterocycles.